The van der Waals surface area contributed by atoms with Crippen molar-refractivity contribution in [2.75, 3.05) is 12.8 Å². The molecule has 0 radical (unpaired) electrons. The van der Waals surface area contributed by atoms with Gasteiger partial charge in [0.2, 0.25) is 0 Å². The third kappa shape index (κ3) is 1.13. The number of nitrogens with two attached hydrogens (primary N) is 1. The van der Waals surface area contributed by atoms with Crippen molar-refractivity contribution in [1.29, 1.82) is 0 Å². The van der Waals surface area contributed by atoms with Gasteiger partial charge >= 0.3 is 0 Å². The van der Waals surface area contributed by atoms with Crippen molar-refractivity contribution < 1.29 is 0 Å². The topological polar surface area (TPSA) is 57.9 Å². The third-order valence-corrected chi connectivity index (χ3v) is 2.74. The molecule has 0 spiro atoms. The van der Waals surface area contributed by atoms with Gasteiger partial charge in [-0.2, -0.15) is 5.10 Å². The molecule has 0 amide bonds. The molecule has 2 rings (SSSR count). The van der Waals surface area contributed by atoms with Gasteiger partial charge in [0.25, 0.3) is 0 Å². The van der Waals surface area contributed by atoms with Gasteiger partial charge in [0.15, 0.2) is 0 Å². The van der Waals surface area contributed by atoms with E-state index in [1.807, 2.05) is 0 Å². The summed E-state index contributed by atoms with van der Waals surface area (Å²) in [7, 11) is 2.12. The normalized spacial score (nSPS) is 22.6. The Morgan fingerprint density at radius 2 is 2.31 bits per heavy atom. The van der Waals surface area contributed by atoms with Crippen LogP contribution in [0, 0.1) is 5.92 Å². The van der Waals surface area contributed by atoms with Crippen LogP contribution < -0.4 is 5.73 Å². The number of aromatic nitrogens is 2. The number of nitrogens with zero attached hydrogens (tertiary/aromatic N) is 2. The van der Waals surface area contributed by atoms with E-state index in [9.17, 15) is 0 Å². The predicted molar refractivity (Wildman–Crippen MR) is 52.0 cm³/mol. The minimum atomic E-state index is 0.444. The minimum absolute atomic E-state index is 0.444. The summed E-state index contributed by atoms with van der Waals surface area (Å²) < 4.78 is 0. The molecule has 4 nitrogen and oxygen atoms in total. The Bertz CT molecular complexity index is 315. The second-order valence-electron chi connectivity index (χ2n) is 4.11. The van der Waals surface area contributed by atoms with Crippen molar-refractivity contribution in [3.8, 4) is 0 Å². The number of fused-ring (bicyclic) bond motifs is 1. The number of hydrogen-bond acceptors (Lipinski definition) is 3. The number of nitrogen functional groups attached to an aromatic ring is 1. The zero-order valence-corrected chi connectivity index (χ0v) is 8.33. The van der Waals surface area contributed by atoms with Gasteiger partial charge in [0, 0.05) is 12.1 Å². The summed E-state index contributed by atoms with van der Waals surface area (Å²) in [6, 6.07) is 0.444. The van der Waals surface area contributed by atoms with E-state index in [0.717, 1.165) is 6.54 Å². The summed E-state index contributed by atoms with van der Waals surface area (Å²) in [5.74, 6) is 1.25. The van der Waals surface area contributed by atoms with Crippen molar-refractivity contribution in [1.82, 2.24) is 15.1 Å². The number of aromatic amines is 1. The minimum Gasteiger partial charge on any atom is -0.382 e. The van der Waals surface area contributed by atoms with Gasteiger partial charge in [-0.3, -0.25) is 10.00 Å². The average Bonchev–Trinajstić information content (AvgIpc) is 2.51. The van der Waals surface area contributed by atoms with Gasteiger partial charge in [-0.05, 0) is 13.0 Å². The molecule has 1 aromatic rings. The van der Waals surface area contributed by atoms with E-state index >= 15 is 0 Å². The number of H-pyrrole nitrogens is 1. The molecule has 1 aliphatic rings. The summed E-state index contributed by atoms with van der Waals surface area (Å²) in [6.45, 7) is 5.35. The molecule has 0 aliphatic carbocycles. The van der Waals surface area contributed by atoms with Crippen molar-refractivity contribution in [2.24, 2.45) is 5.92 Å². The molecule has 1 atom stereocenters. The van der Waals surface area contributed by atoms with Crippen LogP contribution >= 0.6 is 0 Å². The smallest absolute Gasteiger partial charge is 0.150 e. The summed E-state index contributed by atoms with van der Waals surface area (Å²) >= 11 is 0. The molecule has 0 aromatic carbocycles. The number of rotatable bonds is 1. The van der Waals surface area contributed by atoms with Gasteiger partial charge in [-0.1, -0.05) is 13.8 Å². The third-order valence-electron chi connectivity index (χ3n) is 2.74. The summed E-state index contributed by atoms with van der Waals surface area (Å²) in [5, 5.41) is 7.06. The summed E-state index contributed by atoms with van der Waals surface area (Å²) in [4.78, 5) is 2.31. The second kappa shape index (κ2) is 2.73. The molecule has 0 fully saturated rings. The van der Waals surface area contributed by atoms with Crippen LogP contribution in [-0.2, 0) is 6.54 Å². The first-order valence-corrected chi connectivity index (χ1v) is 4.64. The fourth-order valence-electron chi connectivity index (χ4n) is 2.21. The standard InChI is InChI=1S/C9H16N4/c1-5(2)8-7-6(4-13(8)3)9(10)12-11-7/h5,8H,4H2,1-3H3,(H3,10,11,12). The number of nitrogens with one attached hydrogen (secondary N) is 1. The van der Waals surface area contributed by atoms with Crippen molar-refractivity contribution in [2.45, 2.75) is 26.4 Å². The van der Waals surface area contributed by atoms with E-state index in [2.05, 4.69) is 36.0 Å². The molecule has 13 heavy (non-hydrogen) atoms. The first-order chi connectivity index (χ1) is 6.11. The SMILES string of the molecule is CC(C)C1c2[nH]nc(N)c2CN1C. The lowest BCUT2D eigenvalue weighted by Gasteiger charge is -2.23. The van der Waals surface area contributed by atoms with E-state index < -0.39 is 0 Å². The highest BCUT2D eigenvalue weighted by molar-refractivity contribution is 5.45. The Balaban J connectivity index is 2.41. The molecular formula is C9H16N4. The zero-order valence-electron chi connectivity index (χ0n) is 8.33. The van der Waals surface area contributed by atoms with Crippen molar-refractivity contribution >= 4 is 5.82 Å². The maximum Gasteiger partial charge on any atom is 0.150 e. The van der Waals surface area contributed by atoms with Gasteiger partial charge in [-0.15, -0.1) is 0 Å². The van der Waals surface area contributed by atoms with Gasteiger partial charge in [-0.25, -0.2) is 0 Å². The lowest BCUT2D eigenvalue weighted by Crippen LogP contribution is -2.22. The van der Waals surface area contributed by atoms with Gasteiger partial charge < -0.3 is 5.73 Å². The molecule has 3 N–H and O–H groups in total. The lowest BCUT2D eigenvalue weighted by molar-refractivity contribution is 0.210. The van der Waals surface area contributed by atoms with Crippen LogP contribution in [0.25, 0.3) is 0 Å². The van der Waals surface area contributed by atoms with Crippen molar-refractivity contribution in [3.05, 3.63) is 11.3 Å². The van der Waals surface area contributed by atoms with Crippen LogP contribution in [0.5, 0.6) is 0 Å². The molecule has 1 aromatic heterocycles. The number of anilines is 1. The Labute approximate surface area is 78.1 Å². The van der Waals surface area contributed by atoms with Crippen LogP contribution in [0.1, 0.15) is 31.1 Å². The van der Waals surface area contributed by atoms with E-state index in [1.54, 1.807) is 0 Å². The molecule has 1 unspecified atom stereocenters. The Morgan fingerprint density at radius 3 is 2.92 bits per heavy atom. The molecular weight excluding hydrogens is 164 g/mol. The van der Waals surface area contributed by atoms with E-state index in [0.29, 0.717) is 17.8 Å². The zero-order chi connectivity index (χ0) is 9.59. The predicted octanol–water partition coefficient (Wildman–Crippen LogP) is 1.13. The van der Waals surface area contributed by atoms with Crippen LogP contribution in [0.15, 0.2) is 0 Å². The van der Waals surface area contributed by atoms with Gasteiger partial charge in [0.1, 0.15) is 5.82 Å². The number of hydrogen-bond donors (Lipinski definition) is 2. The monoisotopic (exact) mass is 180 g/mol. The highest BCUT2D eigenvalue weighted by atomic mass is 15.2. The Morgan fingerprint density at radius 1 is 1.62 bits per heavy atom. The molecule has 0 bridgehead atoms. The van der Waals surface area contributed by atoms with E-state index in [1.165, 1.54) is 11.3 Å². The first-order valence-electron chi connectivity index (χ1n) is 4.64. The highest BCUT2D eigenvalue weighted by Crippen LogP contribution is 2.37. The van der Waals surface area contributed by atoms with E-state index in [-0.39, 0.29) is 0 Å². The van der Waals surface area contributed by atoms with Crippen LogP contribution in [0.4, 0.5) is 5.82 Å². The maximum absolute atomic E-state index is 5.75. The van der Waals surface area contributed by atoms with Gasteiger partial charge in [0.05, 0.1) is 11.7 Å². The van der Waals surface area contributed by atoms with E-state index in [4.69, 9.17) is 5.73 Å². The summed E-state index contributed by atoms with van der Waals surface area (Å²) in [6.07, 6.45) is 0. The Hall–Kier alpha value is -1.03. The molecule has 1 aliphatic heterocycles. The first kappa shape index (κ1) is 8.56. The molecule has 72 valence electrons. The highest BCUT2D eigenvalue weighted by Gasteiger charge is 2.33. The average molecular weight is 180 g/mol. The molecule has 0 saturated heterocycles. The van der Waals surface area contributed by atoms with Crippen LogP contribution in [-0.4, -0.2) is 22.1 Å². The molecule has 2 heterocycles. The van der Waals surface area contributed by atoms with Crippen LogP contribution in [0.3, 0.4) is 0 Å². The lowest BCUT2D eigenvalue weighted by atomic mass is 10.0. The molecule has 0 saturated carbocycles. The molecule has 4 heteroatoms. The van der Waals surface area contributed by atoms with Crippen LogP contribution in [0.2, 0.25) is 0 Å². The second-order valence-corrected chi connectivity index (χ2v) is 4.11. The maximum atomic E-state index is 5.75. The Kier molecular flexibility index (Phi) is 1.80. The largest absolute Gasteiger partial charge is 0.382 e. The summed E-state index contributed by atoms with van der Waals surface area (Å²) in [5.41, 5.74) is 8.13. The quantitative estimate of drug-likeness (QED) is 0.681. The fraction of sp³-hybridized carbons (Fsp3) is 0.667. The van der Waals surface area contributed by atoms with Crippen molar-refractivity contribution in [3.63, 3.8) is 0 Å². The fourth-order valence-corrected chi connectivity index (χ4v) is 2.21.